The number of rotatable bonds is 4. The van der Waals surface area contributed by atoms with Crippen LogP contribution in [-0.2, 0) is 12.0 Å². The topological polar surface area (TPSA) is 115 Å². The summed E-state index contributed by atoms with van der Waals surface area (Å²) in [5.74, 6) is 7.86. The zero-order chi connectivity index (χ0) is 13.9. The van der Waals surface area contributed by atoms with Crippen molar-refractivity contribution in [3.8, 4) is 0 Å². The smallest absolute Gasteiger partial charge is 0.213 e. The van der Waals surface area contributed by atoms with Crippen molar-refractivity contribution < 1.29 is 4.52 Å². The van der Waals surface area contributed by atoms with Crippen molar-refractivity contribution in [3.63, 3.8) is 0 Å². The Morgan fingerprint density at radius 2 is 2.00 bits per heavy atom. The number of anilines is 2. The summed E-state index contributed by atoms with van der Waals surface area (Å²) < 4.78 is 4.66. The molecule has 0 spiro atoms. The average Bonchev–Trinajstić information content (AvgIpc) is 2.88. The molecule has 4 N–H and O–H groups in total. The third kappa shape index (κ3) is 3.38. The highest BCUT2D eigenvalue weighted by Crippen LogP contribution is 2.22. The molecular formula is C11H17N7O. The normalized spacial score (nSPS) is 11.4. The molecule has 19 heavy (non-hydrogen) atoms. The van der Waals surface area contributed by atoms with E-state index in [1.165, 1.54) is 6.39 Å². The standard InChI is InChI=1S/C11H17N7O/c1-11(2,3)10-15-7(4-8(16-10)17-12)13-5-9-14-6-19-18-9/h4,6H,5,12H2,1-3H3,(H2,13,15,16,17). The Bertz CT molecular complexity index is 532. The number of nitrogen functional groups attached to an aromatic ring is 1. The monoisotopic (exact) mass is 263 g/mol. The molecule has 0 saturated heterocycles. The summed E-state index contributed by atoms with van der Waals surface area (Å²) in [5, 5.41) is 6.82. The molecule has 8 nitrogen and oxygen atoms in total. The van der Waals surface area contributed by atoms with Gasteiger partial charge >= 0.3 is 0 Å². The van der Waals surface area contributed by atoms with Crippen LogP contribution in [0, 0.1) is 0 Å². The molecule has 2 aromatic rings. The minimum absolute atomic E-state index is 0.171. The van der Waals surface area contributed by atoms with Gasteiger partial charge in [0, 0.05) is 11.5 Å². The maximum Gasteiger partial charge on any atom is 0.213 e. The molecule has 0 aliphatic rings. The van der Waals surface area contributed by atoms with E-state index in [1.807, 2.05) is 20.8 Å². The second-order valence-corrected chi connectivity index (χ2v) is 5.06. The maximum absolute atomic E-state index is 5.41. The van der Waals surface area contributed by atoms with Gasteiger partial charge in [0.15, 0.2) is 5.82 Å². The van der Waals surface area contributed by atoms with E-state index in [9.17, 15) is 0 Å². The second-order valence-electron chi connectivity index (χ2n) is 5.06. The van der Waals surface area contributed by atoms with Crippen LogP contribution in [0.5, 0.6) is 0 Å². The maximum atomic E-state index is 5.41. The third-order valence-corrected chi connectivity index (χ3v) is 2.38. The number of hydrazine groups is 1. The van der Waals surface area contributed by atoms with E-state index in [4.69, 9.17) is 5.84 Å². The fraction of sp³-hybridized carbons (Fsp3) is 0.455. The molecule has 0 radical (unpaired) electrons. The lowest BCUT2D eigenvalue weighted by molar-refractivity contribution is 0.411. The molecule has 0 amide bonds. The van der Waals surface area contributed by atoms with Crippen LogP contribution < -0.4 is 16.6 Å². The SMILES string of the molecule is CC(C)(C)c1nc(NN)cc(NCc2ncon2)n1. The summed E-state index contributed by atoms with van der Waals surface area (Å²) in [5.41, 5.74) is 2.36. The molecule has 2 aromatic heterocycles. The van der Waals surface area contributed by atoms with Gasteiger partial charge < -0.3 is 15.3 Å². The van der Waals surface area contributed by atoms with E-state index in [0.29, 0.717) is 29.8 Å². The Morgan fingerprint density at radius 1 is 1.26 bits per heavy atom. The molecule has 0 bridgehead atoms. The van der Waals surface area contributed by atoms with Crippen molar-refractivity contribution in [3.05, 3.63) is 24.1 Å². The number of nitrogens with two attached hydrogens (primary N) is 1. The van der Waals surface area contributed by atoms with Gasteiger partial charge in [0.2, 0.25) is 6.39 Å². The van der Waals surface area contributed by atoms with Gasteiger partial charge in [-0.3, -0.25) is 0 Å². The van der Waals surface area contributed by atoms with Gasteiger partial charge in [0.25, 0.3) is 0 Å². The predicted molar refractivity (Wildman–Crippen MR) is 70.2 cm³/mol. The van der Waals surface area contributed by atoms with Gasteiger partial charge in [0.1, 0.15) is 17.5 Å². The van der Waals surface area contributed by atoms with E-state index in [2.05, 4.69) is 35.4 Å². The van der Waals surface area contributed by atoms with E-state index in [0.717, 1.165) is 0 Å². The lowest BCUT2D eigenvalue weighted by Gasteiger charge is -2.18. The van der Waals surface area contributed by atoms with E-state index in [1.54, 1.807) is 6.07 Å². The summed E-state index contributed by atoms with van der Waals surface area (Å²) in [6.07, 6.45) is 1.28. The molecule has 2 heterocycles. The van der Waals surface area contributed by atoms with Gasteiger partial charge in [-0.25, -0.2) is 15.8 Å². The van der Waals surface area contributed by atoms with Gasteiger partial charge in [-0.1, -0.05) is 25.9 Å². The predicted octanol–water partition coefficient (Wildman–Crippen LogP) is 1.05. The first-order valence-electron chi connectivity index (χ1n) is 5.84. The minimum Gasteiger partial charge on any atom is -0.362 e. The van der Waals surface area contributed by atoms with Crippen LogP contribution in [0.15, 0.2) is 17.0 Å². The molecule has 2 rings (SSSR count). The molecule has 0 atom stereocenters. The van der Waals surface area contributed by atoms with Crippen molar-refractivity contribution in [2.24, 2.45) is 5.84 Å². The van der Waals surface area contributed by atoms with Gasteiger partial charge in [-0.2, -0.15) is 4.98 Å². The summed E-state index contributed by atoms with van der Waals surface area (Å²) in [7, 11) is 0. The van der Waals surface area contributed by atoms with Crippen molar-refractivity contribution in [2.45, 2.75) is 32.7 Å². The lowest BCUT2D eigenvalue weighted by Crippen LogP contribution is -2.20. The zero-order valence-corrected chi connectivity index (χ0v) is 11.1. The van der Waals surface area contributed by atoms with Crippen LogP contribution >= 0.6 is 0 Å². The Kier molecular flexibility index (Phi) is 3.61. The summed E-state index contributed by atoms with van der Waals surface area (Å²) >= 11 is 0. The summed E-state index contributed by atoms with van der Waals surface area (Å²) in [6, 6.07) is 1.72. The summed E-state index contributed by atoms with van der Waals surface area (Å²) in [6.45, 7) is 6.52. The van der Waals surface area contributed by atoms with Gasteiger partial charge in [-0.05, 0) is 0 Å². The van der Waals surface area contributed by atoms with Gasteiger partial charge in [-0.15, -0.1) is 0 Å². The first-order valence-corrected chi connectivity index (χ1v) is 5.84. The minimum atomic E-state index is -0.171. The molecule has 0 unspecified atom stereocenters. The Labute approximate surface area is 110 Å². The van der Waals surface area contributed by atoms with Crippen LogP contribution in [0.1, 0.15) is 32.4 Å². The van der Waals surface area contributed by atoms with Crippen molar-refractivity contribution in [1.29, 1.82) is 0 Å². The summed E-state index contributed by atoms with van der Waals surface area (Å²) in [4.78, 5) is 12.7. The third-order valence-electron chi connectivity index (χ3n) is 2.38. The highest BCUT2D eigenvalue weighted by molar-refractivity contribution is 5.47. The molecule has 0 aliphatic heterocycles. The Morgan fingerprint density at radius 3 is 2.58 bits per heavy atom. The first-order chi connectivity index (χ1) is 8.99. The molecule has 0 aromatic carbocycles. The van der Waals surface area contributed by atoms with E-state index >= 15 is 0 Å². The van der Waals surface area contributed by atoms with Crippen LogP contribution in [0.4, 0.5) is 11.6 Å². The first kappa shape index (κ1) is 13.2. The van der Waals surface area contributed by atoms with Crippen LogP contribution in [0.25, 0.3) is 0 Å². The zero-order valence-electron chi connectivity index (χ0n) is 11.1. The fourth-order valence-electron chi connectivity index (χ4n) is 1.39. The molecule has 0 fully saturated rings. The van der Waals surface area contributed by atoms with Crippen molar-refractivity contribution in [2.75, 3.05) is 10.7 Å². The van der Waals surface area contributed by atoms with E-state index < -0.39 is 0 Å². The molecule has 8 heteroatoms. The molecular weight excluding hydrogens is 246 g/mol. The Balaban J connectivity index is 2.19. The Hall–Kier alpha value is -2.22. The molecule has 0 saturated carbocycles. The van der Waals surface area contributed by atoms with Crippen LogP contribution in [-0.4, -0.2) is 20.1 Å². The van der Waals surface area contributed by atoms with Crippen LogP contribution in [0.2, 0.25) is 0 Å². The van der Waals surface area contributed by atoms with Crippen molar-refractivity contribution >= 4 is 11.6 Å². The largest absolute Gasteiger partial charge is 0.362 e. The number of aromatic nitrogens is 4. The number of nitrogens with zero attached hydrogens (tertiary/aromatic N) is 4. The van der Waals surface area contributed by atoms with E-state index in [-0.39, 0.29) is 5.41 Å². The van der Waals surface area contributed by atoms with Crippen molar-refractivity contribution in [1.82, 2.24) is 20.1 Å². The highest BCUT2D eigenvalue weighted by atomic mass is 16.5. The number of hydrogen-bond acceptors (Lipinski definition) is 8. The number of nitrogens with one attached hydrogen (secondary N) is 2. The molecule has 102 valence electrons. The lowest BCUT2D eigenvalue weighted by atomic mass is 9.96. The number of hydrogen-bond donors (Lipinski definition) is 3. The highest BCUT2D eigenvalue weighted by Gasteiger charge is 2.19. The molecule has 0 aliphatic carbocycles. The average molecular weight is 263 g/mol. The fourth-order valence-corrected chi connectivity index (χ4v) is 1.39. The second kappa shape index (κ2) is 5.19. The van der Waals surface area contributed by atoms with Crippen LogP contribution in [0.3, 0.4) is 0 Å². The quantitative estimate of drug-likeness (QED) is 0.554. The van der Waals surface area contributed by atoms with Gasteiger partial charge in [0.05, 0.1) is 6.54 Å².